The lowest BCUT2D eigenvalue weighted by atomic mass is 10.4. The summed E-state index contributed by atoms with van der Waals surface area (Å²) in [6, 6.07) is 1.13. The quantitative estimate of drug-likeness (QED) is 0.668. The molecule has 1 aromatic heterocycles. The summed E-state index contributed by atoms with van der Waals surface area (Å²) in [5.74, 6) is -0.197. The normalized spacial score (nSPS) is 15.5. The SMILES string of the molecule is Cn1c(N)cc(=O)n(CC(=O)N2CCOCC2)c1=O. The summed E-state index contributed by atoms with van der Waals surface area (Å²) >= 11 is 0. The second-order valence-electron chi connectivity index (χ2n) is 4.33. The Kier molecular flexibility index (Phi) is 3.70. The van der Waals surface area contributed by atoms with Crippen molar-refractivity contribution in [2.45, 2.75) is 6.54 Å². The number of hydrogen-bond acceptors (Lipinski definition) is 5. The molecule has 1 saturated heterocycles. The van der Waals surface area contributed by atoms with Gasteiger partial charge in [0, 0.05) is 26.2 Å². The fraction of sp³-hybridized carbons (Fsp3) is 0.545. The van der Waals surface area contributed by atoms with Gasteiger partial charge in [-0.3, -0.25) is 18.7 Å². The highest BCUT2D eigenvalue weighted by Crippen LogP contribution is 1.98. The summed E-state index contributed by atoms with van der Waals surface area (Å²) in [6.45, 7) is 1.62. The molecule has 0 saturated carbocycles. The summed E-state index contributed by atoms with van der Waals surface area (Å²) < 4.78 is 7.15. The number of carbonyl (C=O) groups excluding carboxylic acids is 1. The Hall–Kier alpha value is -2.09. The molecule has 2 heterocycles. The lowest BCUT2D eigenvalue weighted by Crippen LogP contribution is -2.47. The van der Waals surface area contributed by atoms with E-state index in [1.807, 2.05) is 0 Å². The van der Waals surface area contributed by atoms with Crippen molar-refractivity contribution in [1.82, 2.24) is 14.0 Å². The topological polar surface area (TPSA) is 99.6 Å². The molecule has 0 bridgehead atoms. The van der Waals surface area contributed by atoms with E-state index >= 15 is 0 Å². The van der Waals surface area contributed by atoms with E-state index in [9.17, 15) is 14.4 Å². The van der Waals surface area contributed by atoms with Crippen molar-refractivity contribution in [3.63, 3.8) is 0 Å². The molecule has 8 heteroatoms. The molecular weight excluding hydrogens is 252 g/mol. The first-order valence-electron chi connectivity index (χ1n) is 5.92. The minimum atomic E-state index is -0.591. The smallest absolute Gasteiger partial charge is 0.332 e. The molecule has 0 aromatic carbocycles. The van der Waals surface area contributed by atoms with Crippen LogP contribution in [0.4, 0.5) is 5.82 Å². The number of ether oxygens (including phenoxy) is 1. The van der Waals surface area contributed by atoms with Gasteiger partial charge in [-0.25, -0.2) is 4.79 Å². The van der Waals surface area contributed by atoms with Crippen LogP contribution in [0.5, 0.6) is 0 Å². The Balaban J connectivity index is 2.24. The molecule has 1 aliphatic rings. The Morgan fingerprint density at radius 1 is 1.37 bits per heavy atom. The van der Waals surface area contributed by atoms with Gasteiger partial charge in [0.2, 0.25) is 5.91 Å². The first-order chi connectivity index (χ1) is 9.00. The van der Waals surface area contributed by atoms with Crippen molar-refractivity contribution in [1.29, 1.82) is 0 Å². The van der Waals surface area contributed by atoms with Gasteiger partial charge in [-0.15, -0.1) is 0 Å². The zero-order chi connectivity index (χ0) is 14.0. The first-order valence-corrected chi connectivity index (χ1v) is 5.92. The number of nitrogen functional groups attached to an aromatic ring is 1. The number of aromatic nitrogens is 2. The van der Waals surface area contributed by atoms with Crippen molar-refractivity contribution in [2.24, 2.45) is 7.05 Å². The van der Waals surface area contributed by atoms with Crippen LogP contribution in [0.25, 0.3) is 0 Å². The van der Waals surface area contributed by atoms with Crippen molar-refractivity contribution in [3.05, 3.63) is 26.9 Å². The molecule has 2 N–H and O–H groups in total. The van der Waals surface area contributed by atoms with E-state index in [0.29, 0.717) is 26.3 Å². The summed E-state index contributed by atoms with van der Waals surface area (Å²) in [7, 11) is 1.45. The van der Waals surface area contributed by atoms with Crippen LogP contribution in [0.2, 0.25) is 0 Å². The number of carbonyl (C=O) groups is 1. The molecule has 0 atom stereocenters. The molecular formula is C11H16N4O4. The van der Waals surface area contributed by atoms with Crippen LogP contribution >= 0.6 is 0 Å². The van der Waals surface area contributed by atoms with Gasteiger partial charge in [0.1, 0.15) is 12.4 Å². The molecule has 1 amide bonds. The highest BCUT2D eigenvalue weighted by molar-refractivity contribution is 5.76. The lowest BCUT2D eigenvalue weighted by Gasteiger charge is -2.26. The minimum Gasteiger partial charge on any atom is -0.385 e. The maximum Gasteiger partial charge on any atom is 0.332 e. The molecule has 19 heavy (non-hydrogen) atoms. The number of anilines is 1. The van der Waals surface area contributed by atoms with Crippen LogP contribution in [-0.4, -0.2) is 46.2 Å². The maximum absolute atomic E-state index is 12.0. The van der Waals surface area contributed by atoms with Gasteiger partial charge in [0.15, 0.2) is 0 Å². The predicted octanol–water partition coefficient (Wildman–Crippen LogP) is -2.01. The Labute approximate surface area is 109 Å². The van der Waals surface area contributed by atoms with E-state index in [-0.39, 0.29) is 18.3 Å². The maximum atomic E-state index is 12.0. The van der Waals surface area contributed by atoms with Crippen LogP contribution in [0, 0.1) is 0 Å². The van der Waals surface area contributed by atoms with Gasteiger partial charge in [0.25, 0.3) is 5.56 Å². The highest BCUT2D eigenvalue weighted by Gasteiger charge is 2.19. The third kappa shape index (κ3) is 2.68. The number of amides is 1. The number of morpholine rings is 1. The van der Waals surface area contributed by atoms with E-state index in [0.717, 1.165) is 15.2 Å². The van der Waals surface area contributed by atoms with Crippen LogP contribution < -0.4 is 17.0 Å². The van der Waals surface area contributed by atoms with Gasteiger partial charge in [-0.05, 0) is 0 Å². The third-order valence-electron chi connectivity index (χ3n) is 3.10. The molecule has 104 valence electrons. The summed E-state index contributed by atoms with van der Waals surface area (Å²) in [5.41, 5.74) is 4.34. The zero-order valence-electron chi connectivity index (χ0n) is 10.7. The van der Waals surface area contributed by atoms with Crippen molar-refractivity contribution < 1.29 is 9.53 Å². The van der Waals surface area contributed by atoms with Crippen molar-refractivity contribution in [2.75, 3.05) is 32.0 Å². The van der Waals surface area contributed by atoms with Crippen LogP contribution in [0.1, 0.15) is 0 Å². The fourth-order valence-electron chi connectivity index (χ4n) is 1.88. The van der Waals surface area contributed by atoms with Gasteiger partial charge in [-0.2, -0.15) is 0 Å². The van der Waals surface area contributed by atoms with E-state index in [4.69, 9.17) is 10.5 Å². The molecule has 8 nitrogen and oxygen atoms in total. The molecule has 1 fully saturated rings. The van der Waals surface area contributed by atoms with Crippen LogP contribution in [0.3, 0.4) is 0 Å². The second-order valence-corrected chi connectivity index (χ2v) is 4.33. The zero-order valence-corrected chi connectivity index (χ0v) is 10.7. The lowest BCUT2D eigenvalue weighted by molar-refractivity contribution is -0.136. The molecule has 0 radical (unpaired) electrons. The second kappa shape index (κ2) is 5.27. The van der Waals surface area contributed by atoms with Gasteiger partial charge < -0.3 is 15.4 Å². The van der Waals surface area contributed by atoms with Crippen LogP contribution in [0.15, 0.2) is 15.7 Å². The molecule has 0 aliphatic carbocycles. The largest absolute Gasteiger partial charge is 0.385 e. The number of nitrogens with two attached hydrogens (primary N) is 1. The number of hydrogen-bond donors (Lipinski definition) is 1. The molecule has 2 rings (SSSR count). The fourth-order valence-corrected chi connectivity index (χ4v) is 1.88. The van der Waals surface area contributed by atoms with Crippen LogP contribution in [-0.2, 0) is 23.1 Å². The Morgan fingerprint density at radius 2 is 2.00 bits per heavy atom. The Bertz CT molecular complexity index is 598. The summed E-state index contributed by atoms with van der Waals surface area (Å²) in [4.78, 5) is 37.2. The minimum absolute atomic E-state index is 0.0741. The average Bonchev–Trinajstić information content (AvgIpc) is 2.42. The van der Waals surface area contributed by atoms with E-state index in [1.54, 1.807) is 4.90 Å². The summed E-state index contributed by atoms with van der Waals surface area (Å²) in [6.07, 6.45) is 0. The summed E-state index contributed by atoms with van der Waals surface area (Å²) in [5, 5.41) is 0. The van der Waals surface area contributed by atoms with Gasteiger partial charge in [-0.1, -0.05) is 0 Å². The Morgan fingerprint density at radius 3 is 2.63 bits per heavy atom. The standard InChI is InChI=1S/C11H16N4O4/c1-13-8(12)6-9(16)15(11(13)18)7-10(17)14-2-4-19-5-3-14/h6H,2-5,7,12H2,1H3. The van der Waals surface area contributed by atoms with E-state index in [1.165, 1.54) is 7.05 Å². The monoisotopic (exact) mass is 268 g/mol. The number of rotatable bonds is 2. The molecule has 1 aliphatic heterocycles. The average molecular weight is 268 g/mol. The van der Waals surface area contributed by atoms with Gasteiger partial charge >= 0.3 is 5.69 Å². The predicted molar refractivity (Wildman–Crippen MR) is 67.8 cm³/mol. The third-order valence-corrected chi connectivity index (χ3v) is 3.10. The van der Waals surface area contributed by atoms with E-state index in [2.05, 4.69) is 0 Å². The number of nitrogens with zero attached hydrogens (tertiary/aromatic N) is 3. The van der Waals surface area contributed by atoms with Gasteiger partial charge in [0.05, 0.1) is 13.2 Å². The van der Waals surface area contributed by atoms with Crippen molar-refractivity contribution in [3.8, 4) is 0 Å². The molecule has 1 aromatic rings. The van der Waals surface area contributed by atoms with E-state index < -0.39 is 11.2 Å². The first kappa shape index (κ1) is 13.3. The molecule has 0 spiro atoms. The highest BCUT2D eigenvalue weighted by atomic mass is 16.5. The molecule has 0 unspecified atom stereocenters. The van der Waals surface area contributed by atoms with Crippen molar-refractivity contribution >= 4 is 11.7 Å².